The molecule has 2 saturated carbocycles. The Morgan fingerprint density at radius 1 is 1.33 bits per heavy atom. The van der Waals surface area contributed by atoms with E-state index in [0.29, 0.717) is 17.2 Å². The molecule has 2 heteroatoms. The molecule has 0 spiro atoms. The van der Waals surface area contributed by atoms with Crippen LogP contribution in [0.5, 0.6) is 0 Å². The van der Waals surface area contributed by atoms with E-state index in [1.54, 1.807) is 0 Å². The molecule has 0 radical (unpaired) electrons. The van der Waals surface area contributed by atoms with Gasteiger partial charge in [-0.25, -0.2) is 0 Å². The van der Waals surface area contributed by atoms with Gasteiger partial charge in [-0.3, -0.25) is 9.69 Å². The molecule has 2 nitrogen and oxygen atoms in total. The van der Waals surface area contributed by atoms with Gasteiger partial charge in [0.25, 0.3) is 0 Å². The average Bonchev–Trinajstić information content (AvgIpc) is 2.06. The SMILES string of the molecule is CN(C1CCC1)C1CC(=O)CCC1(C)C. The highest BCUT2D eigenvalue weighted by molar-refractivity contribution is 5.80. The third kappa shape index (κ3) is 2.10. The van der Waals surface area contributed by atoms with Gasteiger partial charge in [-0.15, -0.1) is 0 Å². The van der Waals surface area contributed by atoms with Gasteiger partial charge in [-0.1, -0.05) is 20.3 Å². The standard InChI is InChI=1S/C13H23NO/c1-13(2)8-7-11(15)9-12(13)14(3)10-5-4-6-10/h10,12H,4-9H2,1-3H3. The van der Waals surface area contributed by atoms with Crippen LogP contribution in [-0.2, 0) is 4.79 Å². The van der Waals surface area contributed by atoms with Crippen LogP contribution in [-0.4, -0.2) is 29.8 Å². The van der Waals surface area contributed by atoms with E-state index in [1.165, 1.54) is 19.3 Å². The van der Waals surface area contributed by atoms with Crippen molar-refractivity contribution < 1.29 is 4.79 Å². The van der Waals surface area contributed by atoms with Crippen molar-refractivity contribution in [1.82, 2.24) is 4.90 Å². The Hall–Kier alpha value is -0.370. The van der Waals surface area contributed by atoms with Crippen LogP contribution in [0.3, 0.4) is 0 Å². The van der Waals surface area contributed by atoms with Gasteiger partial charge < -0.3 is 0 Å². The number of hydrogen-bond donors (Lipinski definition) is 0. The predicted molar refractivity (Wildman–Crippen MR) is 61.8 cm³/mol. The molecule has 0 saturated heterocycles. The van der Waals surface area contributed by atoms with Gasteiger partial charge in [0.2, 0.25) is 0 Å². The van der Waals surface area contributed by atoms with Gasteiger partial charge in [-0.05, 0) is 31.7 Å². The number of rotatable bonds is 2. The van der Waals surface area contributed by atoms with E-state index in [1.807, 2.05) is 0 Å². The number of Topliss-reactive ketones (excluding diaryl/α,β-unsaturated/α-hetero) is 1. The normalized spacial score (nSPS) is 31.7. The molecule has 0 aromatic heterocycles. The molecule has 0 bridgehead atoms. The quantitative estimate of drug-likeness (QED) is 0.697. The highest BCUT2D eigenvalue weighted by Crippen LogP contribution is 2.39. The third-order valence-electron chi connectivity index (χ3n) is 4.51. The van der Waals surface area contributed by atoms with Crippen LogP contribution in [0, 0.1) is 5.41 Å². The van der Waals surface area contributed by atoms with Crippen molar-refractivity contribution in [2.75, 3.05) is 7.05 Å². The van der Waals surface area contributed by atoms with E-state index in [2.05, 4.69) is 25.8 Å². The zero-order valence-corrected chi connectivity index (χ0v) is 10.3. The maximum absolute atomic E-state index is 11.6. The van der Waals surface area contributed by atoms with Crippen LogP contribution >= 0.6 is 0 Å². The van der Waals surface area contributed by atoms with Gasteiger partial charge >= 0.3 is 0 Å². The minimum atomic E-state index is 0.318. The summed E-state index contributed by atoms with van der Waals surface area (Å²) in [6.45, 7) is 4.64. The molecule has 15 heavy (non-hydrogen) atoms. The molecule has 0 amide bonds. The highest BCUT2D eigenvalue weighted by Gasteiger charge is 2.40. The summed E-state index contributed by atoms with van der Waals surface area (Å²) in [5.41, 5.74) is 0.318. The van der Waals surface area contributed by atoms with Crippen LogP contribution in [0.15, 0.2) is 0 Å². The molecule has 2 rings (SSSR count). The van der Waals surface area contributed by atoms with Crippen molar-refractivity contribution >= 4 is 5.78 Å². The van der Waals surface area contributed by atoms with E-state index in [9.17, 15) is 4.79 Å². The molecular formula is C13H23NO. The molecule has 0 N–H and O–H groups in total. The Balaban J connectivity index is 2.05. The maximum Gasteiger partial charge on any atom is 0.134 e. The van der Waals surface area contributed by atoms with Crippen LogP contribution in [0.1, 0.15) is 52.4 Å². The second-order valence-electron chi connectivity index (χ2n) is 6.00. The maximum atomic E-state index is 11.6. The zero-order valence-electron chi connectivity index (χ0n) is 10.3. The van der Waals surface area contributed by atoms with Crippen LogP contribution in [0.25, 0.3) is 0 Å². The van der Waals surface area contributed by atoms with Gasteiger partial charge in [-0.2, -0.15) is 0 Å². The van der Waals surface area contributed by atoms with Crippen molar-refractivity contribution in [3.63, 3.8) is 0 Å². The smallest absolute Gasteiger partial charge is 0.134 e. The Morgan fingerprint density at radius 2 is 2.00 bits per heavy atom. The van der Waals surface area contributed by atoms with Crippen molar-refractivity contribution in [2.45, 2.75) is 64.5 Å². The van der Waals surface area contributed by atoms with Gasteiger partial charge in [0.1, 0.15) is 5.78 Å². The van der Waals surface area contributed by atoms with Crippen molar-refractivity contribution in [1.29, 1.82) is 0 Å². The summed E-state index contributed by atoms with van der Waals surface area (Å²) < 4.78 is 0. The van der Waals surface area contributed by atoms with E-state index in [0.717, 1.165) is 25.3 Å². The summed E-state index contributed by atoms with van der Waals surface area (Å²) in [7, 11) is 2.22. The number of carbonyl (C=O) groups excluding carboxylic acids is 1. The van der Waals surface area contributed by atoms with E-state index in [-0.39, 0.29) is 0 Å². The molecule has 0 aromatic carbocycles. The highest BCUT2D eigenvalue weighted by atomic mass is 16.1. The summed E-state index contributed by atoms with van der Waals surface area (Å²) in [5, 5.41) is 0. The van der Waals surface area contributed by atoms with E-state index >= 15 is 0 Å². The number of ketones is 1. The average molecular weight is 209 g/mol. The van der Waals surface area contributed by atoms with Crippen molar-refractivity contribution in [3.8, 4) is 0 Å². The van der Waals surface area contributed by atoms with E-state index in [4.69, 9.17) is 0 Å². The van der Waals surface area contributed by atoms with Crippen LogP contribution in [0.4, 0.5) is 0 Å². The minimum absolute atomic E-state index is 0.318. The fourth-order valence-corrected chi connectivity index (χ4v) is 2.97. The monoisotopic (exact) mass is 209 g/mol. The first-order valence-electron chi connectivity index (χ1n) is 6.24. The molecule has 2 aliphatic rings. The second kappa shape index (κ2) is 3.89. The lowest BCUT2D eigenvalue weighted by Crippen LogP contribution is -2.53. The fraction of sp³-hybridized carbons (Fsp3) is 0.923. The second-order valence-corrected chi connectivity index (χ2v) is 6.00. The molecule has 2 aliphatic carbocycles. The zero-order chi connectivity index (χ0) is 11.1. The number of carbonyl (C=O) groups is 1. The van der Waals surface area contributed by atoms with Crippen molar-refractivity contribution in [3.05, 3.63) is 0 Å². The summed E-state index contributed by atoms with van der Waals surface area (Å²) >= 11 is 0. The lowest BCUT2D eigenvalue weighted by molar-refractivity contribution is -0.126. The molecule has 0 aromatic rings. The van der Waals surface area contributed by atoms with Gasteiger partial charge in [0.15, 0.2) is 0 Å². The lowest BCUT2D eigenvalue weighted by atomic mass is 9.71. The van der Waals surface area contributed by atoms with Crippen LogP contribution in [0.2, 0.25) is 0 Å². The Kier molecular flexibility index (Phi) is 2.89. The first kappa shape index (κ1) is 11.1. The lowest BCUT2D eigenvalue weighted by Gasteiger charge is -2.48. The molecule has 1 unspecified atom stereocenters. The molecule has 2 fully saturated rings. The van der Waals surface area contributed by atoms with Gasteiger partial charge in [0.05, 0.1) is 0 Å². The first-order chi connectivity index (χ1) is 7.00. The summed E-state index contributed by atoms with van der Waals surface area (Å²) in [5.74, 6) is 0.463. The third-order valence-corrected chi connectivity index (χ3v) is 4.51. The number of hydrogen-bond acceptors (Lipinski definition) is 2. The molecule has 0 heterocycles. The molecule has 86 valence electrons. The van der Waals surface area contributed by atoms with Crippen molar-refractivity contribution in [2.24, 2.45) is 5.41 Å². The largest absolute Gasteiger partial charge is 0.300 e. The molecule has 1 atom stereocenters. The topological polar surface area (TPSA) is 20.3 Å². The van der Waals surface area contributed by atoms with Gasteiger partial charge in [0, 0.05) is 24.9 Å². The summed E-state index contributed by atoms with van der Waals surface area (Å²) in [4.78, 5) is 14.1. The summed E-state index contributed by atoms with van der Waals surface area (Å²) in [6, 6.07) is 1.23. The molecule has 0 aliphatic heterocycles. The minimum Gasteiger partial charge on any atom is -0.300 e. The predicted octanol–water partition coefficient (Wildman–Crippen LogP) is 2.62. The first-order valence-corrected chi connectivity index (χ1v) is 6.24. The Labute approximate surface area is 93.0 Å². The fourth-order valence-electron chi connectivity index (χ4n) is 2.97. The van der Waals surface area contributed by atoms with Crippen LogP contribution < -0.4 is 0 Å². The molecular weight excluding hydrogens is 186 g/mol. The van der Waals surface area contributed by atoms with E-state index < -0.39 is 0 Å². The Morgan fingerprint density at radius 3 is 2.53 bits per heavy atom. The summed E-state index contributed by atoms with van der Waals surface area (Å²) in [6.07, 6.45) is 6.67. The number of nitrogens with zero attached hydrogens (tertiary/aromatic N) is 1. The Bertz CT molecular complexity index is 255.